The summed E-state index contributed by atoms with van der Waals surface area (Å²) in [6.45, 7) is 7.76. The standard InChI is InChI=1S/C17H18N4O3/c1-10-9-13(20-23-10)15(22)18-12-7-5-11(6-8-12)14-19-16(24-21-14)17(2,3)4/h5-9H,1-4H3,(H,18,22). The Morgan fingerprint density at radius 1 is 1.08 bits per heavy atom. The maximum absolute atomic E-state index is 12.0. The number of carbonyl (C=O) groups excluding carboxylic acids is 1. The van der Waals surface area contributed by atoms with Gasteiger partial charge in [-0.1, -0.05) is 31.1 Å². The average Bonchev–Trinajstić information content (AvgIpc) is 3.16. The van der Waals surface area contributed by atoms with Crippen LogP contribution in [-0.4, -0.2) is 21.2 Å². The molecule has 0 bridgehead atoms. The molecule has 0 aliphatic carbocycles. The van der Waals surface area contributed by atoms with Crippen molar-refractivity contribution in [2.45, 2.75) is 33.1 Å². The predicted molar refractivity (Wildman–Crippen MR) is 87.6 cm³/mol. The Kier molecular flexibility index (Phi) is 3.92. The van der Waals surface area contributed by atoms with Gasteiger partial charge in [-0.2, -0.15) is 4.98 Å². The molecule has 0 atom stereocenters. The Morgan fingerprint density at radius 2 is 1.79 bits per heavy atom. The number of aryl methyl sites for hydroxylation is 1. The van der Waals surface area contributed by atoms with Crippen LogP contribution in [0.1, 0.15) is 42.9 Å². The fraction of sp³-hybridized carbons (Fsp3) is 0.294. The predicted octanol–water partition coefficient (Wildman–Crippen LogP) is 3.58. The summed E-state index contributed by atoms with van der Waals surface area (Å²) in [6, 6.07) is 8.76. The van der Waals surface area contributed by atoms with Crippen LogP contribution in [0.4, 0.5) is 5.69 Å². The van der Waals surface area contributed by atoms with E-state index in [1.165, 1.54) is 0 Å². The minimum Gasteiger partial charge on any atom is -0.361 e. The first kappa shape index (κ1) is 15.9. The number of amides is 1. The third-order valence-electron chi connectivity index (χ3n) is 3.33. The first-order valence-electron chi connectivity index (χ1n) is 7.52. The van der Waals surface area contributed by atoms with E-state index in [1.807, 2.05) is 32.9 Å². The molecule has 3 rings (SSSR count). The first-order valence-corrected chi connectivity index (χ1v) is 7.52. The fourth-order valence-corrected chi connectivity index (χ4v) is 2.02. The molecule has 1 aromatic carbocycles. The Labute approximate surface area is 139 Å². The second-order valence-corrected chi connectivity index (χ2v) is 6.53. The molecule has 0 unspecified atom stereocenters. The molecular weight excluding hydrogens is 308 g/mol. The van der Waals surface area contributed by atoms with Crippen molar-refractivity contribution in [1.29, 1.82) is 0 Å². The second kappa shape index (κ2) is 5.92. The Bertz CT molecular complexity index is 857. The van der Waals surface area contributed by atoms with Crippen LogP contribution < -0.4 is 5.32 Å². The largest absolute Gasteiger partial charge is 0.361 e. The molecule has 124 valence electrons. The van der Waals surface area contributed by atoms with E-state index in [0.717, 1.165) is 5.56 Å². The number of anilines is 1. The van der Waals surface area contributed by atoms with Crippen molar-refractivity contribution in [1.82, 2.24) is 15.3 Å². The zero-order valence-electron chi connectivity index (χ0n) is 14.0. The molecular formula is C17H18N4O3. The molecule has 1 N–H and O–H groups in total. The van der Waals surface area contributed by atoms with Crippen molar-refractivity contribution in [3.63, 3.8) is 0 Å². The number of nitrogens with zero attached hydrogens (tertiary/aromatic N) is 3. The molecule has 0 fully saturated rings. The summed E-state index contributed by atoms with van der Waals surface area (Å²) in [5.41, 5.74) is 1.49. The van der Waals surface area contributed by atoms with Crippen LogP contribution in [0.25, 0.3) is 11.4 Å². The fourth-order valence-electron chi connectivity index (χ4n) is 2.02. The maximum atomic E-state index is 12.0. The third kappa shape index (κ3) is 3.34. The lowest BCUT2D eigenvalue weighted by atomic mass is 9.97. The molecule has 2 aromatic heterocycles. The number of carbonyl (C=O) groups is 1. The summed E-state index contributed by atoms with van der Waals surface area (Å²) in [5, 5.41) is 10.4. The van der Waals surface area contributed by atoms with Gasteiger partial charge in [0.15, 0.2) is 5.69 Å². The maximum Gasteiger partial charge on any atom is 0.277 e. The van der Waals surface area contributed by atoms with Crippen LogP contribution in [0.2, 0.25) is 0 Å². The van der Waals surface area contributed by atoms with Gasteiger partial charge in [-0.05, 0) is 31.2 Å². The minimum atomic E-state index is -0.325. The van der Waals surface area contributed by atoms with Gasteiger partial charge in [0.1, 0.15) is 5.76 Å². The number of benzene rings is 1. The lowest BCUT2D eigenvalue weighted by Crippen LogP contribution is -2.12. The topological polar surface area (TPSA) is 94.1 Å². The molecule has 0 aliphatic rings. The summed E-state index contributed by atoms with van der Waals surface area (Å²) >= 11 is 0. The van der Waals surface area contributed by atoms with Gasteiger partial charge < -0.3 is 14.4 Å². The van der Waals surface area contributed by atoms with Crippen molar-refractivity contribution in [2.75, 3.05) is 5.32 Å². The highest BCUT2D eigenvalue weighted by atomic mass is 16.5. The molecule has 7 heteroatoms. The summed E-state index contributed by atoms with van der Waals surface area (Å²) in [7, 11) is 0. The van der Waals surface area contributed by atoms with Crippen molar-refractivity contribution in [3.8, 4) is 11.4 Å². The SMILES string of the molecule is Cc1cc(C(=O)Nc2ccc(-c3noc(C(C)(C)C)n3)cc2)no1. The van der Waals surface area contributed by atoms with Gasteiger partial charge in [-0.25, -0.2) is 0 Å². The third-order valence-corrected chi connectivity index (χ3v) is 3.33. The van der Waals surface area contributed by atoms with Gasteiger partial charge in [0.05, 0.1) is 0 Å². The van der Waals surface area contributed by atoms with Gasteiger partial charge in [0.25, 0.3) is 5.91 Å². The van der Waals surface area contributed by atoms with E-state index in [-0.39, 0.29) is 17.0 Å². The van der Waals surface area contributed by atoms with Gasteiger partial charge in [0.2, 0.25) is 11.7 Å². The number of nitrogens with one attached hydrogen (secondary N) is 1. The molecule has 3 aromatic rings. The van der Waals surface area contributed by atoms with Gasteiger partial charge >= 0.3 is 0 Å². The highest BCUT2D eigenvalue weighted by Gasteiger charge is 2.22. The Hall–Kier alpha value is -2.96. The van der Waals surface area contributed by atoms with Crippen molar-refractivity contribution >= 4 is 11.6 Å². The van der Waals surface area contributed by atoms with Crippen LogP contribution in [0.15, 0.2) is 39.4 Å². The lowest BCUT2D eigenvalue weighted by Gasteiger charge is -2.10. The molecule has 0 saturated carbocycles. The monoisotopic (exact) mass is 326 g/mol. The van der Waals surface area contributed by atoms with E-state index < -0.39 is 0 Å². The molecule has 1 amide bonds. The molecule has 0 aliphatic heterocycles. The Morgan fingerprint density at radius 3 is 2.33 bits per heavy atom. The minimum absolute atomic E-state index is 0.200. The highest BCUT2D eigenvalue weighted by Crippen LogP contribution is 2.24. The van der Waals surface area contributed by atoms with E-state index in [2.05, 4.69) is 20.6 Å². The quantitative estimate of drug-likeness (QED) is 0.790. The molecule has 0 saturated heterocycles. The van der Waals surface area contributed by atoms with Gasteiger partial charge in [-0.3, -0.25) is 4.79 Å². The van der Waals surface area contributed by atoms with E-state index in [0.29, 0.717) is 23.2 Å². The molecule has 2 heterocycles. The average molecular weight is 326 g/mol. The molecule has 0 spiro atoms. The number of aromatic nitrogens is 3. The normalized spacial score (nSPS) is 11.5. The number of hydrogen-bond donors (Lipinski definition) is 1. The van der Waals surface area contributed by atoms with E-state index in [9.17, 15) is 4.79 Å². The van der Waals surface area contributed by atoms with Crippen LogP contribution >= 0.6 is 0 Å². The van der Waals surface area contributed by atoms with Crippen LogP contribution in [0.5, 0.6) is 0 Å². The van der Waals surface area contributed by atoms with E-state index >= 15 is 0 Å². The lowest BCUT2D eigenvalue weighted by molar-refractivity contribution is 0.101. The zero-order valence-corrected chi connectivity index (χ0v) is 14.0. The zero-order chi connectivity index (χ0) is 17.3. The summed E-state index contributed by atoms with van der Waals surface area (Å²) < 4.78 is 10.2. The molecule has 7 nitrogen and oxygen atoms in total. The van der Waals surface area contributed by atoms with Gasteiger partial charge in [-0.15, -0.1) is 0 Å². The smallest absolute Gasteiger partial charge is 0.277 e. The second-order valence-electron chi connectivity index (χ2n) is 6.53. The number of rotatable bonds is 3. The highest BCUT2D eigenvalue weighted by molar-refractivity contribution is 6.02. The molecule has 24 heavy (non-hydrogen) atoms. The summed E-state index contributed by atoms with van der Waals surface area (Å²) in [4.78, 5) is 16.4. The van der Waals surface area contributed by atoms with Crippen LogP contribution in [-0.2, 0) is 5.41 Å². The summed E-state index contributed by atoms with van der Waals surface area (Å²) in [6.07, 6.45) is 0. The van der Waals surface area contributed by atoms with Gasteiger partial charge in [0, 0.05) is 22.7 Å². The Balaban J connectivity index is 1.73. The van der Waals surface area contributed by atoms with Crippen molar-refractivity contribution in [2.24, 2.45) is 0 Å². The first-order chi connectivity index (χ1) is 11.3. The van der Waals surface area contributed by atoms with Crippen molar-refractivity contribution in [3.05, 3.63) is 47.7 Å². The summed E-state index contributed by atoms with van der Waals surface area (Å²) in [5.74, 6) is 1.36. The van der Waals surface area contributed by atoms with Crippen LogP contribution in [0, 0.1) is 6.92 Å². The number of hydrogen-bond acceptors (Lipinski definition) is 6. The molecule has 0 radical (unpaired) electrons. The van der Waals surface area contributed by atoms with Crippen molar-refractivity contribution < 1.29 is 13.8 Å². The van der Waals surface area contributed by atoms with E-state index in [4.69, 9.17) is 9.05 Å². The van der Waals surface area contributed by atoms with E-state index in [1.54, 1.807) is 25.1 Å². The van der Waals surface area contributed by atoms with Crippen LogP contribution in [0.3, 0.4) is 0 Å².